The third-order valence-corrected chi connectivity index (χ3v) is 2.72. The van der Waals surface area contributed by atoms with Crippen LogP contribution in [0.3, 0.4) is 0 Å². The van der Waals surface area contributed by atoms with Crippen molar-refractivity contribution in [3.8, 4) is 11.8 Å². The number of hydrogen-bond acceptors (Lipinski definition) is 5. The van der Waals surface area contributed by atoms with Gasteiger partial charge in [0, 0.05) is 36.1 Å². The van der Waals surface area contributed by atoms with Crippen molar-refractivity contribution in [1.82, 2.24) is 15.0 Å². The molecule has 0 bridgehead atoms. The average Bonchev–Trinajstić information content (AvgIpc) is 2.48. The molecule has 0 radical (unpaired) electrons. The van der Waals surface area contributed by atoms with Crippen LogP contribution >= 0.6 is 0 Å². The first-order valence-corrected chi connectivity index (χ1v) is 5.89. The zero-order valence-corrected chi connectivity index (χ0v) is 10.2. The van der Waals surface area contributed by atoms with Gasteiger partial charge in [-0.2, -0.15) is 0 Å². The molecule has 5 nitrogen and oxygen atoms in total. The maximum absolute atomic E-state index is 5.69. The fraction of sp³-hybridized carbons (Fsp3) is 0.0714. The molecule has 0 aliphatic heterocycles. The molecule has 0 amide bonds. The number of nitrogens with two attached hydrogens (primary N) is 1. The van der Waals surface area contributed by atoms with Crippen LogP contribution < -0.4 is 10.5 Å². The molecule has 3 aromatic rings. The Morgan fingerprint density at radius 3 is 2.63 bits per heavy atom. The first-order valence-electron chi connectivity index (χ1n) is 5.89. The molecule has 19 heavy (non-hydrogen) atoms. The minimum absolute atomic E-state index is 0.300. The number of ether oxygens (including phenoxy) is 1. The van der Waals surface area contributed by atoms with E-state index in [-0.39, 0.29) is 0 Å². The quantitative estimate of drug-likeness (QED) is 0.774. The van der Waals surface area contributed by atoms with E-state index in [2.05, 4.69) is 15.0 Å². The van der Waals surface area contributed by atoms with Crippen molar-refractivity contribution < 1.29 is 4.74 Å². The molecule has 0 unspecified atom stereocenters. The summed E-state index contributed by atoms with van der Waals surface area (Å²) in [5.41, 5.74) is 7.24. The Morgan fingerprint density at radius 2 is 1.84 bits per heavy atom. The van der Waals surface area contributed by atoms with Crippen LogP contribution in [0.4, 0.5) is 0 Å². The van der Waals surface area contributed by atoms with Gasteiger partial charge in [0.1, 0.15) is 5.75 Å². The predicted octanol–water partition coefficient (Wildman–Crippen LogP) is 2.28. The standard InChI is InChI=1S/C14H12N4O/c15-7-10-8-17-14(18-9-10)19-13-5-1-4-12-11(13)3-2-6-16-12/h1-6,8-9H,7,15H2. The van der Waals surface area contributed by atoms with Crippen LogP contribution in [0.2, 0.25) is 0 Å². The number of hydrogen-bond donors (Lipinski definition) is 1. The Bertz CT molecular complexity index is 692. The minimum Gasteiger partial charge on any atom is -0.424 e. The third kappa shape index (κ3) is 2.36. The molecular weight excluding hydrogens is 240 g/mol. The maximum atomic E-state index is 5.69. The van der Waals surface area contributed by atoms with Crippen molar-refractivity contribution >= 4 is 10.9 Å². The van der Waals surface area contributed by atoms with E-state index >= 15 is 0 Å². The van der Waals surface area contributed by atoms with Gasteiger partial charge in [-0.05, 0) is 24.3 Å². The van der Waals surface area contributed by atoms with E-state index in [4.69, 9.17) is 10.5 Å². The van der Waals surface area contributed by atoms with Crippen molar-refractivity contribution in [2.75, 3.05) is 0 Å². The van der Waals surface area contributed by atoms with E-state index in [1.807, 2.05) is 30.3 Å². The molecule has 0 atom stereocenters. The van der Waals surface area contributed by atoms with Crippen LogP contribution in [0.15, 0.2) is 48.9 Å². The molecule has 0 aliphatic rings. The molecule has 0 saturated heterocycles. The summed E-state index contributed by atoms with van der Waals surface area (Å²) < 4.78 is 5.69. The number of rotatable bonds is 3. The van der Waals surface area contributed by atoms with Gasteiger partial charge in [0.05, 0.1) is 5.52 Å². The summed E-state index contributed by atoms with van der Waals surface area (Å²) in [6, 6.07) is 9.80. The van der Waals surface area contributed by atoms with Crippen LogP contribution in [0.1, 0.15) is 5.56 Å². The zero-order chi connectivity index (χ0) is 13.1. The topological polar surface area (TPSA) is 73.9 Å². The Balaban J connectivity index is 1.96. The molecule has 2 N–H and O–H groups in total. The van der Waals surface area contributed by atoms with E-state index in [1.165, 1.54) is 0 Å². The van der Waals surface area contributed by atoms with Crippen molar-refractivity contribution in [2.45, 2.75) is 6.54 Å². The summed E-state index contributed by atoms with van der Waals surface area (Å²) in [5, 5.41) is 0.927. The van der Waals surface area contributed by atoms with Gasteiger partial charge in [-0.1, -0.05) is 6.07 Å². The molecule has 1 aromatic carbocycles. The van der Waals surface area contributed by atoms with E-state index in [0.29, 0.717) is 18.3 Å². The van der Waals surface area contributed by atoms with Gasteiger partial charge >= 0.3 is 6.01 Å². The van der Waals surface area contributed by atoms with E-state index in [0.717, 1.165) is 16.5 Å². The largest absolute Gasteiger partial charge is 0.424 e. The number of pyridine rings is 1. The van der Waals surface area contributed by atoms with E-state index in [1.54, 1.807) is 18.6 Å². The van der Waals surface area contributed by atoms with Crippen LogP contribution in [-0.2, 0) is 6.54 Å². The van der Waals surface area contributed by atoms with E-state index < -0.39 is 0 Å². The Kier molecular flexibility index (Phi) is 3.04. The van der Waals surface area contributed by atoms with Crippen LogP contribution in [0.5, 0.6) is 11.8 Å². The van der Waals surface area contributed by atoms with Crippen LogP contribution in [0, 0.1) is 0 Å². The van der Waals surface area contributed by atoms with Crippen molar-refractivity contribution in [2.24, 2.45) is 5.73 Å². The summed E-state index contributed by atoms with van der Waals surface area (Å²) >= 11 is 0. The lowest BCUT2D eigenvalue weighted by atomic mass is 10.2. The molecule has 2 heterocycles. The molecule has 0 fully saturated rings. The fourth-order valence-corrected chi connectivity index (χ4v) is 1.76. The SMILES string of the molecule is NCc1cnc(Oc2cccc3ncccc23)nc1. The Labute approximate surface area is 110 Å². The molecule has 5 heteroatoms. The zero-order valence-electron chi connectivity index (χ0n) is 10.2. The molecular formula is C14H12N4O. The maximum Gasteiger partial charge on any atom is 0.321 e. The molecule has 0 aliphatic carbocycles. The first-order chi connectivity index (χ1) is 9.36. The van der Waals surface area contributed by atoms with Crippen LogP contribution in [-0.4, -0.2) is 15.0 Å². The second-order valence-corrected chi connectivity index (χ2v) is 4.01. The highest BCUT2D eigenvalue weighted by Gasteiger charge is 2.05. The molecule has 0 spiro atoms. The second kappa shape index (κ2) is 4.99. The van der Waals surface area contributed by atoms with Crippen LogP contribution in [0.25, 0.3) is 10.9 Å². The monoisotopic (exact) mass is 252 g/mol. The molecule has 0 saturated carbocycles. The minimum atomic E-state index is 0.300. The van der Waals surface area contributed by atoms with Gasteiger partial charge in [-0.3, -0.25) is 4.98 Å². The highest BCUT2D eigenvalue weighted by atomic mass is 16.5. The lowest BCUT2D eigenvalue weighted by molar-refractivity contribution is 0.446. The van der Waals surface area contributed by atoms with Crippen molar-refractivity contribution in [1.29, 1.82) is 0 Å². The lowest BCUT2D eigenvalue weighted by Gasteiger charge is -2.06. The van der Waals surface area contributed by atoms with Gasteiger partial charge < -0.3 is 10.5 Å². The molecule has 3 rings (SSSR count). The normalized spacial score (nSPS) is 10.6. The highest BCUT2D eigenvalue weighted by Crippen LogP contribution is 2.26. The van der Waals surface area contributed by atoms with Crippen molar-refractivity contribution in [3.63, 3.8) is 0 Å². The smallest absolute Gasteiger partial charge is 0.321 e. The Morgan fingerprint density at radius 1 is 1.00 bits per heavy atom. The van der Waals surface area contributed by atoms with Gasteiger partial charge in [0.15, 0.2) is 0 Å². The van der Waals surface area contributed by atoms with Crippen molar-refractivity contribution in [3.05, 3.63) is 54.5 Å². The number of benzene rings is 1. The Hall–Kier alpha value is -2.53. The third-order valence-electron chi connectivity index (χ3n) is 2.72. The summed E-state index contributed by atoms with van der Waals surface area (Å²) in [6.45, 7) is 0.415. The highest BCUT2D eigenvalue weighted by molar-refractivity contribution is 5.84. The van der Waals surface area contributed by atoms with Gasteiger partial charge in [0.2, 0.25) is 0 Å². The number of nitrogens with zero attached hydrogens (tertiary/aromatic N) is 3. The second-order valence-electron chi connectivity index (χ2n) is 4.01. The first kappa shape index (κ1) is 11.6. The average molecular weight is 252 g/mol. The number of aromatic nitrogens is 3. The summed E-state index contributed by atoms with van der Waals surface area (Å²) in [7, 11) is 0. The molecule has 2 aromatic heterocycles. The predicted molar refractivity (Wildman–Crippen MR) is 71.7 cm³/mol. The fourth-order valence-electron chi connectivity index (χ4n) is 1.76. The summed E-state index contributed by atoms with van der Waals surface area (Å²) in [5.74, 6) is 0.686. The number of fused-ring (bicyclic) bond motifs is 1. The van der Waals surface area contributed by atoms with Gasteiger partial charge in [-0.25, -0.2) is 9.97 Å². The summed E-state index contributed by atoms with van der Waals surface area (Å²) in [4.78, 5) is 12.5. The molecule has 94 valence electrons. The lowest BCUT2D eigenvalue weighted by Crippen LogP contribution is -1.99. The summed E-state index contributed by atoms with van der Waals surface area (Å²) in [6.07, 6.45) is 5.07. The van der Waals surface area contributed by atoms with Gasteiger partial charge in [-0.15, -0.1) is 0 Å². The van der Waals surface area contributed by atoms with E-state index in [9.17, 15) is 0 Å². The van der Waals surface area contributed by atoms with Gasteiger partial charge in [0.25, 0.3) is 0 Å².